The normalized spacial score (nSPS) is 11.3. The van der Waals surface area contributed by atoms with Crippen LogP contribution >= 0.6 is 0 Å². The summed E-state index contributed by atoms with van der Waals surface area (Å²) in [5.74, 6) is -0.211. The molecule has 0 aliphatic carbocycles. The first-order valence-corrected chi connectivity index (χ1v) is 19.2. The van der Waals surface area contributed by atoms with Gasteiger partial charge in [-0.2, -0.15) is 0 Å². The molecular formula is C40H78O3. The van der Waals surface area contributed by atoms with Crippen LogP contribution in [0, 0.1) is 0 Å². The first-order valence-electron chi connectivity index (χ1n) is 19.2. The Kier molecular flexibility index (Phi) is 44.1. The molecule has 256 valence electrons. The van der Waals surface area contributed by atoms with E-state index in [1.54, 1.807) is 6.92 Å². The number of allylic oxidation sites excluding steroid dienone is 4. The van der Waals surface area contributed by atoms with Crippen LogP contribution in [0.3, 0.4) is 0 Å². The molecule has 0 amide bonds. The van der Waals surface area contributed by atoms with Crippen molar-refractivity contribution in [1.29, 1.82) is 0 Å². The number of rotatable bonds is 33. The van der Waals surface area contributed by atoms with Gasteiger partial charge in [0, 0.05) is 20.1 Å². The molecule has 0 bridgehead atoms. The zero-order valence-electron chi connectivity index (χ0n) is 30.0. The largest absolute Gasteiger partial charge is 0.466 e. The SMILES string of the molecule is CCCCCCCC/C=C\CCCCCCCCOCCCCCCCC/C=C\CCCCCCCC.CCOC(C)=O. The van der Waals surface area contributed by atoms with Crippen molar-refractivity contribution in [2.24, 2.45) is 0 Å². The van der Waals surface area contributed by atoms with Gasteiger partial charge in [-0.05, 0) is 71.1 Å². The lowest BCUT2D eigenvalue weighted by Gasteiger charge is -2.05. The molecule has 0 aromatic rings. The van der Waals surface area contributed by atoms with Crippen molar-refractivity contribution >= 4 is 5.97 Å². The third-order valence-corrected chi connectivity index (χ3v) is 7.95. The third kappa shape index (κ3) is 48.0. The highest BCUT2D eigenvalue weighted by Crippen LogP contribution is 2.12. The van der Waals surface area contributed by atoms with Crippen LogP contribution < -0.4 is 0 Å². The van der Waals surface area contributed by atoms with E-state index in [0.29, 0.717) is 6.61 Å². The van der Waals surface area contributed by atoms with Crippen LogP contribution in [0.5, 0.6) is 0 Å². The molecule has 0 atom stereocenters. The van der Waals surface area contributed by atoms with Crippen molar-refractivity contribution in [2.75, 3.05) is 19.8 Å². The molecule has 0 saturated carbocycles. The molecule has 0 aliphatic heterocycles. The fourth-order valence-corrected chi connectivity index (χ4v) is 5.21. The van der Waals surface area contributed by atoms with E-state index in [-0.39, 0.29) is 5.97 Å². The number of carbonyl (C=O) groups excluding carboxylic acids is 1. The molecule has 0 N–H and O–H groups in total. The Balaban J connectivity index is 0. The molecule has 43 heavy (non-hydrogen) atoms. The molecule has 3 nitrogen and oxygen atoms in total. The molecule has 0 radical (unpaired) electrons. The Bertz CT molecular complexity index is 514. The minimum absolute atomic E-state index is 0.211. The minimum atomic E-state index is -0.211. The average Bonchev–Trinajstić information content (AvgIpc) is 3.00. The molecule has 0 aliphatic rings. The summed E-state index contributed by atoms with van der Waals surface area (Å²) in [6.45, 7) is 10.2. The Morgan fingerprint density at radius 3 is 0.953 bits per heavy atom. The van der Waals surface area contributed by atoms with Crippen LogP contribution in [-0.4, -0.2) is 25.8 Å². The summed E-state index contributed by atoms with van der Waals surface area (Å²) in [6, 6.07) is 0. The standard InChI is InChI=1S/C36H70O.C4H8O2/c1-3-5-7-9-11-13-15-17-19-21-23-25-27-29-31-33-35-37-36-34-32-30-28-26-24-22-20-18-16-14-12-10-8-6-4-2;1-3-6-4(2)5/h17-20H,3-16,21-36H2,1-2H3;3H2,1-2H3/b19-17-,20-18-;. The molecular weight excluding hydrogens is 528 g/mol. The lowest BCUT2D eigenvalue weighted by molar-refractivity contribution is -0.140. The lowest BCUT2D eigenvalue weighted by atomic mass is 10.1. The van der Waals surface area contributed by atoms with Crippen LogP contribution in [0.2, 0.25) is 0 Å². The van der Waals surface area contributed by atoms with Crippen LogP contribution in [-0.2, 0) is 14.3 Å². The Morgan fingerprint density at radius 2 is 0.698 bits per heavy atom. The van der Waals surface area contributed by atoms with Crippen molar-refractivity contribution in [1.82, 2.24) is 0 Å². The second kappa shape index (κ2) is 43.0. The molecule has 0 spiro atoms. The smallest absolute Gasteiger partial charge is 0.302 e. The van der Waals surface area contributed by atoms with Gasteiger partial charge >= 0.3 is 5.97 Å². The summed E-state index contributed by atoms with van der Waals surface area (Å²) in [5, 5.41) is 0. The fraction of sp³-hybridized carbons (Fsp3) is 0.875. The topological polar surface area (TPSA) is 35.5 Å². The Morgan fingerprint density at radius 1 is 0.419 bits per heavy atom. The van der Waals surface area contributed by atoms with E-state index in [4.69, 9.17) is 4.74 Å². The van der Waals surface area contributed by atoms with Gasteiger partial charge in [-0.15, -0.1) is 0 Å². The van der Waals surface area contributed by atoms with Crippen molar-refractivity contribution in [3.8, 4) is 0 Å². The third-order valence-electron chi connectivity index (χ3n) is 7.95. The Labute approximate surface area is 271 Å². The molecule has 0 heterocycles. The predicted octanol–water partition coefficient (Wildman–Crippen LogP) is 13.6. The molecule has 0 fully saturated rings. The van der Waals surface area contributed by atoms with Gasteiger partial charge < -0.3 is 9.47 Å². The highest BCUT2D eigenvalue weighted by Gasteiger charge is 1.95. The summed E-state index contributed by atoms with van der Waals surface area (Å²) in [7, 11) is 0. The number of carbonyl (C=O) groups is 1. The second-order valence-corrected chi connectivity index (χ2v) is 12.4. The number of unbranched alkanes of at least 4 members (excludes halogenated alkanes) is 24. The minimum Gasteiger partial charge on any atom is -0.466 e. The van der Waals surface area contributed by atoms with Crippen LogP contribution in [0.15, 0.2) is 24.3 Å². The van der Waals surface area contributed by atoms with Crippen molar-refractivity contribution in [3.05, 3.63) is 24.3 Å². The second-order valence-electron chi connectivity index (χ2n) is 12.4. The number of ether oxygens (including phenoxy) is 2. The van der Waals surface area contributed by atoms with E-state index in [0.717, 1.165) is 13.2 Å². The van der Waals surface area contributed by atoms with Crippen molar-refractivity contribution in [3.63, 3.8) is 0 Å². The zero-order valence-corrected chi connectivity index (χ0v) is 30.0. The quantitative estimate of drug-likeness (QED) is 0.0423. The molecule has 0 saturated heterocycles. The van der Waals surface area contributed by atoms with Gasteiger partial charge in [0.2, 0.25) is 0 Å². The first kappa shape index (κ1) is 44.0. The highest BCUT2D eigenvalue weighted by atomic mass is 16.5. The highest BCUT2D eigenvalue weighted by molar-refractivity contribution is 5.65. The molecule has 0 aromatic heterocycles. The maximum Gasteiger partial charge on any atom is 0.302 e. The van der Waals surface area contributed by atoms with Crippen molar-refractivity contribution in [2.45, 2.75) is 207 Å². The molecule has 0 unspecified atom stereocenters. The Hall–Kier alpha value is -1.09. The average molecular weight is 607 g/mol. The van der Waals surface area contributed by atoms with E-state index in [1.807, 2.05) is 0 Å². The predicted molar refractivity (Wildman–Crippen MR) is 192 cm³/mol. The number of hydrogen-bond donors (Lipinski definition) is 0. The van der Waals surface area contributed by atoms with E-state index in [2.05, 4.69) is 42.9 Å². The van der Waals surface area contributed by atoms with Gasteiger partial charge in [-0.25, -0.2) is 0 Å². The van der Waals surface area contributed by atoms with E-state index in [1.165, 1.54) is 187 Å². The zero-order chi connectivity index (χ0) is 31.7. The van der Waals surface area contributed by atoms with Gasteiger partial charge in [0.25, 0.3) is 0 Å². The fourth-order valence-electron chi connectivity index (χ4n) is 5.21. The van der Waals surface area contributed by atoms with E-state index in [9.17, 15) is 4.79 Å². The van der Waals surface area contributed by atoms with Gasteiger partial charge in [-0.3, -0.25) is 4.79 Å². The van der Waals surface area contributed by atoms with Gasteiger partial charge in [0.05, 0.1) is 6.61 Å². The van der Waals surface area contributed by atoms with Crippen LogP contribution in [0.25, 0.3) is 0 Å². The summed E-state index contributed by atoms with van der Waals surface area (Å²) in [5.41, 5.74) is 0. The lowest BCUT2D eigenvalue weighted by Crippen LogP contribution is -1.97. The summed E-state index contributed by atoms with van der Waals surface area (Å²) >= 11 is 0. The van der Waals surface area contributed by atoms with Gasteiger partial charge in [0.1, 0.15) is 0 Å². The van der Waals surface area contributed by atoms with Crippen LogP contribution in [0.4, 0.5) is 0 Å². The number of esters is 1. The summed E-state index contributed by atoms with van der Waals surface area (Å²) in [4.78, 5) is 9.82. The summed E-state index contributed by atoms with van der Waals surface area (Å²) in [6.07, 6.45) is 48.1. The number of hydrogen-bond acceptors (Lipinski definition) is 3. The summed E-state index contributed by atoms with van der Waals surface area (Å²) < 4.78 is 10.3. The van der Waals surface area contributed by atoms with Crippen molar-refractivity contribution < 1.29 is 14.3 Å². The van der Waals surface area contributed by atoms with E-state index < -0.39 is 0 Å². The van der Waals surface area contributed by atoms with Gasteiger partial charge in [0.15, 0.2) is 0 Å². The maximum absolute atomic E-state index is 9.82. The molecule has 0 aromatic carbocycles. The van der Waals surface area contributed by atoms with E-state index >= 15 is 0 Å². The van der Waals surface area contributed by atoms with Gasteiger partial charge in [-0.1, -0.05) is 154 Å². The monoisotopic (exact) mass is 607 g/mol. The van der Waals surface area contributed by atoms with Crippen LogP contribution in [0.1, 0.15) is 207 Å². The first-order chi connectivity index (χ1) is 21.2. The molecule has 0 rings (SSSR count). The molecule has 3 heteroatoms. The maximum atomic E-state index is 9.82.